The summed E-state index contributed by atoms with van der Waals surface area (Å²) in [5, 5.41) is 13.0. The molecule has 3 rings (SSSR count). The van der Waals surface area contributed by atoms with Crippen molar-refractivity contribution >= 4 is 22.7 Å². The van der Waals surface area contributed by atoms with E-state index in [1.165, 1.54) is 11.1 Å². The molecular weight excluding hydrogens is 358 g/mol. The van der Waals surface area contributed by atoms with E-state index in [-0.39, 0.29) is 16.7 Å². The largest absolute Gasteiger partial charge is 0.314 e. The Morgan fingerprint density at radius 2 is 1.78 bits per heavy atom. The molecule has 1 heterocycles. The number of rotatable bonds is 5. The first-order valence-corrected chi connectivity index (χ1v) is 9.85. The second-order valence-corrected chi connectivity index (χ2v) is 7.63. The van der Waals surface area contributed by atoms with Crippen LogP contribution in [-0.2, 0) is 0 Å². The molecule has 0 fully saturated rings. The lowest BCUT2D eigenvalue weighted by atomic mass is 10.1. The fourth-order valence-electron chi connectivity index (χ4n) is 3.10. The van der Waals surface area contributed by atoms with Crippen LogP contribution in [0.5, 0.6) is 0 Å². The highest BCUT2D eigenvalue weighted by atomic mass is 32.1. The molecule has 0 N–H and O–H groups in total. The lowest BCUT2D eigenvalue weighted by Gasteiger charge is -2.15. The zero-order valence-electron chi connectivity index (χ0n) is 16.0. The highest BCUT2D eigenvalue weighted by molar-refractivity contribution is 7.07. The SMILES string of the molecule is CCC(C)n1c(-c2ccc([N+](=O)[O-])cc2)csc1=Nc1cc(C)cc(C)c1. The molecule has 3 aromatic rings. The van der Waals surface area contributed by atoms with Crippen molar-refractivity contribution in [2.75, 3.05) is 0 Å². The van der Waals surface area contributed by atoms with Crippen LogP contribution < -0.4 is 4.80 Å². The summed E-state index contributed by atoms with van der Waals surface area (Å²) in [6.45, 7) is 8.47. The number of non-ortho nitro benzene ring substituents is 1. The Morgan fingerprint density at radius 1 is 1.15 bits per heavy atom. The van der Waals surface area contributed by atoms with Crippen LogP contribution in [0.25, 0.3) is 11.3 Å². The standard InChI is InChI=1S/C21H23N3O2S/c1-5-16(4)23-20(17-6-8-19(9-7-17)24(25)26)13-27-21(23)22-18-11-14(2)10-15(3)12-18/h6-13,16H,5H2,1-4H3. The Balaban J connectivity index is 2.14. The number of hydrogen-bond acceptors (Lipinski definition) is 4. The Bertz CT molecular complexity index is 1010. The maximum absolute atomic E-state index is 10.9. The fourth-order valence-corrected chi connectivity index (χ4v) is 4.12. The smallest absolute Gasteiger partial charge is 0.269 e. The van der Waals surface area contributed by atoms with Gasteiger partial charge in [0.2, 0.25) is 0 Å². The van der Waals surface area contributed by atoms with Crippen molar-refractivity contribution in [3.8, 4) is 11.3 Å². The average Bonchev–Trinajstić information content (AvgIpc) is 3.03. The molecule has 0 saturated heterocycles. The van der Waals surface area contributed by atoms with Gasteiger partial charge in [0.25, 0.3) is 5.69 Å². The van der Waals surface area contributed by atoms with E-state index in [4.69, 9.17) is 4.99 Å². The minimum atomic E-state index is -0.374. The number of nitro groups is 1. The second kappa shape index (κ2) is 7.88. The monoisotopic (exact) mass is 381 g/mol. The van der Waals surface area contributed by atoms with Crippen molar-refractivity contribution < 1.29 is 4.92 Å². The van der Waals surface area contributed by atoms with E-state index in [9.17, 15) is 10.1 Å². The molecule has 0 radical (unpaired) electrons. The van der Waals surface area contributed by atoms with Gasteiger partial charge in [-0.25, -0.2) is 4.99 Å². The molecule has 140 valence electrons. The van der Waals surface area contributed by atoms with Crippen LogP contribution in [0.4, 0.5) is 11.4 Å². The minimum absolute atomic E-state index is 0.101. The van der Waals surface area contributed by atoms with Crippen LogP contribution in [0.2, 0.25) is 0 Å². The molecule has 1 atom stereocenters. The molecule has 0 amide bonds. The van der Waals surface area contributed by atoms with E-state index in [1.54, 1.807) is 35.6 Å². The zero-order chi connectivity index (χ0) is 19.6. The number of aromatic nitrogens is 1. The van der Waals surface area contributed by atoms with E-state index in [0.29, 0.717) is 0 Å². The van der Waals surface area contributed by atoms with Crippen molar-refractivity contribution in [1.82, 2.24) is 4.57 Å². The Labute approximate surface area is 162 Å². The number of thiazole rings is 1. The second-order valence-electron chi connectivity index (χ2n) is 6.79. The summed E-state index contributed by atoms with van der Waals surface area (Å²) >= 11 is 1.59. The topological polar surface area (TPSA) is 60.4 Å². The number of benzene rings is 2. The van der Waals surface area contributed by atoms with Crippen molar-refractivity contribution in [3.05, 3.63) is 73.9 Å². The van der Waals surface area contributed by atoms with Crippen LogP contribution in [0.1, 0.15) is 37.4 Å². The van der Waals surface area contributed by atoms with Gasteiger partial charge in [-0.1, -0.05) is 13.0 Å². The van der Waals surface area contributed by atoms with E-state index in [2.05, 4.69) is 55.8 Å². The first-order chi connectivity index (χ1) is 12.9. The first-order valence-electron chi connectivity index (χ1n) is 8.97. The predicted octanol–water partition coefficient (Wildman–Crippen LogP) is 5.95. The normalized spacial score (nSPS) is 13.0. The third-order valence-corrected chi connectivity index (χ3v) is 5.42. The third-order valence-electron chi connectivity index (χ3n) is 4.58. The van der Waals surface area contributed by atoms with Gasteiger partial charge >= 0.3 is 0 Å². The maximum atomic E-state index is 10.9. The van der Waals surface area contributed by atoms with E-state index in [1.807, 2.05) is 0 Å². The van der Waals surface area contributed by atoms with Gasteiger partial charge in [-0.2, -0.15) is 0 Å². The molecule has 27 heavy (non-hydrogen) atoms. The molecule has 1 aromatic heterocycles. The summed E-state index contributed by atoms with van der Waals surface area (Å²) in [6.07, 6.45) is 0.969. The molecule has 0 aliphatic rings. The molecule has 6 heteroatoms. The lowest BCUT2D eigenvalue weighted by molar-refractivity contribution is -0.384. The van der Waals surface area contributed by atoms with Gasteiger partial charge in [-0.3, -0.25) is 10.1 Å². The molecule has 0 saturated carbocycles. The predicted molar refractivity (Wildman–Crippen MR) is 111 cm³/mol. The number of nitro benzene ring substituents is 1. The summed E-state index contributed by atoms with van der Waals surface area (Å²) in [7, 11) is 0. The van der Waals surface area contributed by atoms with Crippen molar-refractivity contribution in [3.63, 3.8) is 0 Å². The van der Waals surface area contributed by atoms with E-state index >= 15 is 0 Å². The van der Waals surface area contributed by atoms with Gasteiger partial charge in [-0.05, 0) is 68.1 Å². The molecule has 2 aromatic carbocycles. The minimum Gasteiger partial charge on any atom is -0.314 e. The number of nitrogens with zero attached hydrogens (tertiary/aromatic N) is 3. The van der Waals surface area contributed by atoms with Crippen LogP contribution in [-0.4, -0.2) is 9.49 Å². The molecular formula is C21H23N3O2S. The van der Waals surface area contributed by atoms with Crippen LogP contribution in [0.15, 0.2) is 52.8 Å². The van der Waals surface area contributed by atoms with Gasteiger partial charge in [0.05, 0.1) is 16.3 Å². The fraction of sp³-hybridized carbons (Fsp3) is 0.286. The molecule has 0 aliphatic heterocycles. The quantitative estimate of drug-likeness (QED) is 0.405. The molecule has 5 nitrogen and oxygen atoms in total. The Kier molecular flexibility index (Phi) is 5.56. The Hall–Kier alpha value is -2.73. The number of aryl methyl sites for hydroxylation is 2. The summed E-state index contributed by atoms with van der Waals surface area (Å²) in [4.78, 5) is 16.4. The van der Waals surface area contributed by atoms with Gasteiger partial charge in [0.15, 0.2) is 4.80 Å². The van der Waals surface area contributed by atoms with Crippen molar-refractivity contribution in [1.29, 1.82) is 0 Å². The molecule has 0 spiro atoms. The zero-order valence-corrected chi connectivity index (χ0v) is 16.8. The summed E-state index contributed by atoms with van der Waals surface area (Å²) in [6, 6.07) is 13.3. The summed E-state index contributed by atoms with van der Waals surface area (Å²) < 4.78 is 2.23. The van der Waals surface area contributed by atoms with Gasteiger partial charge in [0.1, 0.15) is 0 Å². The first kappa shape index (κ1) is 19.0. The van der Waals surface area contributed by atoms with Crippen molar-refractivity contribution in [2.45, 2.75) is 40.2 Å². The molecule has 0 bridgehead atoms. The highest BCUT2D eigenvalue weighted by Gasteiger charge is 2.14. The average molecular weight is 382 g/mol. The van der Waals surface area contributed by atoms with Crippen LogP contribution >= 0.6 is 11.3 Å². The lowest BCUT2D eigenvalue weighted by Crippen LogP contribution is -2.19. The van der Waals surface area contributed by atoms with E-state index < -0.39 is 0 Å². The maximum Gasteiger partial charge on any atom is 0.269 e. The summed E-state index contributed by atoms with van der Waals surface area (Å²) in [5.41, 5.74) is 5.42. The molecule has 1 unspecified atom stereocenters. The highest BCUT2D eigenvalue weighted by Crippen LogP contribution is 2.27. The van der Waals surface area contributed by atoms with Crippen LogP contribution in [0.3, 0.4) is 0 Å². The van der Waals surface area contributed by atoms with E-state index in [0.717, 1.165) is 28.2 Å². The summed E-state index contributed by atoms with van der Waals surface area (Å²) in [5.74, 6) is 0. The van der Waals surface area contributed by atoms with Crippen LogP contribution in [0, 0.1) is 24.0 Å². The van der Waals surface area contributed by atoms with Gasteiger partial charge in [-0.15, -0.1) is 11.3 Å². The third kappa shape index (κ3) is 4.17. The Morgan fingerprint density at radius 3 is 2.33 bits per heavy atom. The number of hydrogen-bond donors (Lipinski definition) is 0. The molecule has 0 aliphatic carbocycles. The van der Waals surface area contributed by atoms with Gasteiger partial charge in [0, 0.05) is 23.6 Å². The van der Waals surface area contributed by atoms with Crippen molar-refractivity contribution in [2.24, 2.45) is 4.99 Å². The van der Waals surface area contributed by atoms with Gasteiger partial charge < -0.3 is 4.57 Å².